The van der Waals surface area contributed by atoms with Gasteiger partial charge in [-0.1, -0.05) is 5.16 Å². The molecule has 1 aromatic heterocycles. The number of carbonyl (C=O) groups excluding carboxylic acids is 1. The van der Waals surface area contributed by atoms with Crippen molar-refractivity contribution in [2.24, 2.45) is 0 Å². The number of nitrogens with one attached hydrogen (secondary N) is 1. The normalized spacial score (nSPS) is 19.7. The molecule has 1 amide bonds. The standard InChI is InChI=1S/C20H24F2N2O3/c1-12-19(13(2)27-24-12)7-8-20(25)23-16-3-5-17(6-4-16)26-18-10-14(21)9-15(22)11-18/h9-11,16-17H,3-8H2,1-2H3,(H,23,25). The first-order valence-electron chi connectivity index (χ1n) is 9.24. The Morgan fingerprint density at radius 1 is 1.19 bits per heavy atom. The third-order valence-corrected chi connectivity index (χ3v) is 4.96. The third kappa shape index (κ3) is 5.28. The summed E-state index contributed by atoms with van der Waals surface area (Å²) >= 11 is 0. The quantitative estimate of drug-likeness (QED) is 0.825. The molecule has 0 saturated heterocycles. The first kappa shape index (κ1) is 19.3. The van der Waals surface area contributed by atoms with E-state index in [9.17, 15) is 13.6 Å². The number of halogens is 2. The second kappa shape index (κ2) is 8.50. The Morgan fingerprint density at radius 3 is 2.44 bits per heavy atom. The fourth-order valence-electron chi connectivity index (χ4n) is 3.51. The van der Waals surface area contributed by atoms with E-state index < -0.39 is 11.6 Å². The highest BCUT2D eigenvalue weighted by Crippen LogP contribution is 2.25. The maximum atomic E-state index is 13.2. The van der Waals surface area contributed by atoms with Crippen molar-refractivity contribution in [2.45, 2.75) is 64.5 Å². The summed E-state index contributed by atoms with van der Waals surface area (Å²) in [5.41, 5.74) is 1.82. The van der Waals surface area contributed by atoms with Crippen LogP contribution >= 0.6 is 0 Å². The topological polar surface area (TPSA) is 64.4 Å². The molecule has 1 fully saturated rings. The molecule has 1 saturated carbocycles. The molecule has 0 aliphatic heterocycles. The largest absolute Gasteiger partial charge is 0.490 e. The lowest BCUT2D eigenvalue weighted by Gasteiger charge is -2.29. The van der Waals surface area contributed by atoms with E-state index in [0.29, 0.717) is 12.8 Å². The molecule has 146 valence electrons. The Hall–Kier alpha value is -2.44. The van der Waals surface area contributed by atoms with Gasteiger partial charge in [-0.3, -0.25) is 4.79 Å². The highest BCUT2D eigenvalue weighted by atomic mass is 19.1. The molecule has 1 N–H and O–H groups in total. The molecule has 1 aliphatic rings. The predicted octanol–water partition coefficient (Wildman–Crippen LogP) is 4.01. The molecule has 0 radical (unpaired) electrons. The van der Waals surface area contributed by atoms with Gasteiger partial charge in [0, 0.05) is 36.2 Å². The minimum absolute atomic E-state index is 0.00608. The zero-order valence-corrected chi connectivity index (χ0v) is 15.6. The molecule has 1 heterocycles. The van der Waals surface area contributed by atoms with E-state index in [1.165, 1.54) is 12.1 Å². The maximum Gasteiger partial charge on any atom is 0.220 e. The fourth-order valence-corrected chi connectivity index (χ4v) is 3.51. The lowest BCUT2D eigenvalue weighted by molar-refractivity contribution is -0.122. The van der Waals surface area contributed by atoms with Crippen molar-refractivity contribution in [1.82, 2.24) is 10.5 Å². The van der Waals surface area contributed by atoms with Crippen LogP contribution in [0.4, 0.5) is 8.78 Å². The van der Waals surface area contributed by atoms with Crippen LogP contribution in [0.3, 0.4) is 0 Å². The van der Waals surface area contributed by atoms with Gasteiger partial charge in [-0.25, -0.2) is 8.78 Å². The molecule has 27 heavy (non-hydrogen) atoms. The molecular weight excluding hydrogens is 354 g/mol. The highest BCUT2D eigenvalue weighted by Gasteiger charge is 2.24. The van der Waals surface area contributed by atoms with Gasteiger partial charge in [-0.2, -0.15) is 0 Å². The number of amides is 1. The van der Waals surface area contributed by atoms with Gasteiger partial charge in [0.05, 0.1) is 11.8 Å². The SMILES string of the molecule is Cc1noc(C)c1CCC(=O)NC1CCC(Oc2cc(F)cc(F)c2)CC1. The van der Waals surface area contributed by atoms with E-state index in [0.717, 1.165) is 48.8 Å². The smallest absolute Gasteiger partial charge is 0.220 e. The van der Waals surface area contributed by atoms with Crippen LogP contribution in [-0.2, 0) is 11.2 Å². The lowest BCUT2D eigenvalue weighted by atomic mass is 9.92. The molecule has 0 unspecified atom stereocenters. The van der Waals surface area contributed by atoms with Crippen LogP contribution in [0.25, 0.3) is 0 Å². The Balaban J connectivity index is 1.42. The fraction of sp³-hybridized carbons (Fsp3) is 0.500. The molecule has 2 aromatic rings. The van der Waals surface area contributed by atoms with E-state index in [1.807, 2.05) is 13.8 Å². The van der Waals surface area contributed by atoms with E-state index in [1.54, 1.807) is 0 Å². The molecule has 1 aromatic carbocycles. The molecule has 5 nitrogen and oxygen atoms in total. The Labute approximate surface area is 157 Å². The zero-order valence-electron chi connectivity index (χ0n) is 15.6. The summed E-state index contributed by atoms with van der Waals surface area (Å²) < 4.78 is 37.3. The Kier molecular flexibility index (Phi) is 6.08. The van der Waals surface area contributed by atoms with Crippen LogP contribution in [0.15, 0.2) is 22.7 Å². The Morgan fingerprint density at radius 2 is 1.85 bits per heavy atom. The van der Waals surface area contributed by atoms with E-state index in [-0.39, 0.29) is 23.8 Å². The first-order valence-corrected chi connectivity index (χ1v) is 9.24. The van der Waals surface area contributed by atoms with Crippen LogP contribution in [0.5, 0.6) is 5.75 Å². The number of aryl methyl sites for hydroxylation is 2. The summed E-state index contributed by atoms with van der Waals surface area (Å²) in [6, 6.07) is 3.30. The van der Waals surface area contributed by atoms with E-state index >= 15 is 0 Å². The molecule has 7 heteroatoms. The van der Waals surface area contributed by atoms with Crippen molar-refractivity contribution in [3.63, 3.8) is 0 Å². The Bertz CT molecular complexity index is 759. The second-order valence-corrected chi connectivity index (χ2v) is 7.07. The molecule has 1 aliphatic carbocycles. The maximum absolute atomic E-state index is 13.2. The van der Waals surface area contributed by atoms with Crippen LogP contribution in [0.1, 0.15) is 49.1 Å². The van der Waals surface area contributed by atoms with Crippen molar-refractivity contribution < 1.29 is 22.8 Å². The lowest BCUT2D eigenvalue weighted by Crippen LogP contribution is -2.39. The van der Waals surface area contributed by atoms with Crippen molar-refractivity contribution in [3.05, 3.63) is 46.9 Å². The molecular formula is C20H24F2N2O3. The van der Waals surface area contributed by atoms with Gasteiger partial charge in [0.1, 0.15) is 23.1 Å². The number of hydrogen-bond acceptors (Lipinski definition) is 4. The van der Waals surface area contributed by atoms with Gasteiger partial charge in [-0.15, -0.1) is 0 Å². The van der Waals surface area contributed by atoms with E-state index in [4.69, 9.17) is 9.26 Å². The van der Waals surface area contributed by atoms with Gasteiger partial charge in [0.2, 0.25) is 5.91 Å². The van der Waals surface area contributed by atoms with Gasteiger partial charge in [0.25, 0.3) is 0 Å². The van der Waals surface area contributed by atoms with Crippen molar-refractivity contribution in [3.8, 4) is 5.75 Å². The predicted molar refractivity (Wildman–Crippen MR) is 95.5 cm³/mol. The molecule has 3 rings (SSSR count). The number of aromatic nitrogens is 1. The average molecular weight is 378 g/mol. The zero-order chi connectivity index (χ0) is 19.4. The van der Waals surface area contributed by atoms with E-state index in [2.05, 4.69) is 10.5 Å². The van der Waals surface area contributed by atoms with Gasteiger partial charge < -0.3 is 14.6 Å². The monoisotopic (exact) mass is 378 g/mol. The van der Waals surface area contributed by atoms with Crippen molar-refractivity contribution in [1.29, 1.82) is 0 Å². The third-order valence-electron chi connectivity index (χ3n) is 4.96. The summed E-state index contributed by atoms with van der Waals surface area (Å²) in [5.74, 6) is -0.328. The molecule has 0 bridgehead atoms. The van der Waals surface area contributed by atoms with Gasteiger partial charge in [-0.05, 0) is 46.0 Å². The van der Waals surface area contributed by atoms with Crippen LogP contribution in [0.2, 0.25) is 0 Å². The summed E-state index contributed by atoms with van der Waals surface area (Å²) in [6.45, 7) is 3.72. The minimum atomic E-state index is -0.649. The van der Waals surface area contributed by atoms with Crippen LogP contribution in [0, 0.1) is 25.5 Å². The first-order chi connectivity index (χ1) is 12.9. The van der Waals surface area contributed by atoms with Crippen molar-refractivity contribution in [2.75, 3.05) is 0 Å². The summed E-state index contributed by atoms with van der Waals surface area (Å²) in [4.78, 5) is 12.2. The van der Waals surface area contributed by atoms with Gasteiger partial charge in [0.15, 0.2) is 0 Å². The number of rotatable bonds is 6. The van der Waals surface area contributed by atoms with Crippen molar-refractivity contribution >= 4 is 5.91 Å². The number of carbonyl (C=O) groups is 1. The minimum Gasteiger partial charge on any atom is -0.490 e. The molecule has 0 spiro atoms. The summed E-state index contributed by atoms with van der Waals surface area (Å²) in [5, 5.41) is 6.95. The highest BCUT2D eigenvalue weighted by molar-refractivity contribution is 5.76. The summed E-state index contributed by atoms with van der Waals surface area (Å²) in [7, 11) is 0. The number of hydrogen-bond donors (Lipinski definition) is 1. The number of ether oxygens (including phenoxy) is 1. The molecule has 0 atom stereocenters. The van der Waals surface area contributed by atoms with Crippen LogP contribution < -0.4 is 10.1 Å². The van der Waals surface area contributed by atoms with Gasteiger partial charge >= 0.3 is 0 Å². The summed E-state index contributed by atoms with van der Waals surface area (Å²) in [6.07, 6.45) is 3.92. The number of nitrogens with zero attached hydrogens (tertiary/aromatic N) is 1. The van der Waals surface area contributed by atoms with Crippen LogP contribution in [-0.4, -0.2) is 23.2 Å². The number of benzene rings is 1. The second-order valence-electron chi connectivity index (χ2n) is 7.07. The average Bonchev–Trinajstić information content (AvgIpc) is 2.92.